The molecule has 3 N–H and O–H groups in total. The molecule has 4 heteroatoms. The van der Waals surface area contributed by atoms with E-state index in [2.05, 4.69) is 0 Å². The van der Waals surface area contributed by atoms with Gasteiger partial charge in [0.1, 0.15) is 18.3 Å². The summed E-state index contributed by atoms with van der Waals surface area (Å²) in [6, 6.07) is 0. The smallest absolute Gasteiger partial charge is 0.111 e. The van der Waals surface area contributed by atoms with Crippen LogP contribution < -0.4 is 0 Å². The van der Waals surface area contributed by atoms with Crippen LogP contribution in [0.15, 0.2) is 0 Å². The second-order valence-electron chi connectivity index (χ2n) is 5.10. The van der Waals surface area contributed by atoms with E-state index in [4.69, 9.17) is 4.74 Å². The van der Waals surface area contributed by atoms with Crippen LogP contribution in [0.1, 0.15) is 27.7 Å². The van der Waals surface area contributed by atoms with Crippen molar-refractivity contribution in [2.24, 2.45) is 5.41 Å². The molecule has 4 nitrogen and oxygen atoms in total. The number of aliphatic hydroxyl groups is 3. The molecule has 0 aromatic heterocycles. The summed E-state index contributed by atoms with van der Waals surface area (Å²) in [6.07, 6.45) is -4.05. The fourth-order valence-electron chi connectivity index (χ4n) is 1.77. The Balaban J connectivity index is 2.81. The Morgan fingerprint density at radius 1 is 0.929 bits per heavy atom. The number of hydrogen-bond donors (Lipinski definition) is 3. The minimum atomic E-state index is -1.12. The molecule has 1 saturated heterocycles. The van der Waals surface area contributed by atoms with Crippen molar-refractivity contribution >= 4 is 0 Å². The van der Waals surface area contributed by atoms with Crippen molar-refractivity contribution in [1.82, 2.24) is 0 Å². The summed E-state index contributed by atoms with van der Waals surface area (Å²) in [4.78, 5) is 0. The summed E-state index contributed by atoms with van der Waals surface area (Å²) >= 11 is 0. The summed E-state index contributed by atoms with van der Waals surface area (Å²) in [7, 11) is 0. The minimum absolute atomic E-state index is 0.255. The zero-order valence-electron chi connectivity index (χ0n) is 9.14. The first-order valence-corrected chi connectivity index (χ1v) is 4.95. The Labute approximate surface area is 84.5 Å². The molecule has 1 heterocycles. The van der Waals surface area contributed by atoms with Gasteiger partial charge in [-0.15, -0.1) is 0 Å². The molecule has 0 spiro atoms. The Morgan fingerprint density at radius 3 is 1.86 bits per heavy atom. The maximum atomic E-state index is 9.73. The molecule has 0 amide bonds. The third-order valence-corrected chi connectivity index (χ3v) is 2.71. The van der Waals surface area contributed by atoms with Crippen LogP contribution >= 0.6 is 0 Å². The summed E-state index contributed by atoms with van der Waals surface area (Å²) < 4.78 is 5.49. The highest BCUT2D eigenvalue weighted by molar-refractivity contribution is 4.95. The molecular formula is C10H20O4. The van der Waals surface area contributed by atoms with Crippen LogP contribution in [0.4, 0.5) is 0 Å². The summed E-state index contributed by atoms with van der Waals surface area (Å²) in [6.45, 7) is 7.48. The average molecular weight is 204 g/mol. The monoisotopic (exact) mass is 204 g/mol. The fourth-order valence-corrected chi connectivity index (χ4v) is 1.77. The topological polar surface area (TPSA) is 69.9 Å². The Kier molecular flexibility index (Phi) is 3.21. The molecular weight excluding hydrogens is 184 g/mol. The highest BCUT2D eigenvalue weighted by Gasteiger charge is 2.46. The van der Waals surface area contributed by atoms with Gasteiger partial charge in [0.2, 0.25) is 0 Å². The quantitative estimate of drug-likeness (QED) is 0.515. The van der Waals surface area contributed by atoms with Gasteiger partial charge in [0.15, 0.2) is 0 Å². The van der Waals surface area contributed by atoms with E-state index in [0.29, 0.717) is 0 Å². The van der Waals surface area contributed by atoms with Gasteiger partial charge in [-0.3, -0.25) is 0 Å². The average Bonchev–Trinajstić information content (AvgIpc) is 2.06. The van der Waals surface area contributed by atoms with Crippen molar-refractivity contribution < 1.29 is 20.1 Å². The largest absolute Gasteiger partial charge is 0.388 e. The molecule has 1 aliphatic heterocycles. The molecule has 14 heavy (non-hydrogen) atoms. The number of ether oxygens (including phenoxy) is 1. The Morgan fingerprint density at radius 2 is 1.43 bits per heavy atom. The van der Waals surface area contributed by atoms with Gasteiger partial charge in [0.25, 0.3) is 0 Å². The lowest BCUT2D eigenvalue weighted by atomic mass is 9.80. The lowest BCUT2D eigenvalue weighted by Gasteiger charge is -2.44. The lowest BCUT2D eigenvalue weighted by Crippen LogP contribution is -2.59. The molecule has 84 valence electrons. The first kappa shape index (κ1) is 11.9. The van der Waals surface area contributed by atoms with Crippen LogP contribution in [-0.4, -0.2) is 45.8 Å². The van der Waals surface area contributed by atoms with E-state index in [-0.39, 0.29) is 5.41 Å². The van der Waals surface area contributed by atoms with Gasteiger partial charge in [0.05, 0.1) is 12.2 Å². The molecule has 1 aliphatic rings. The molecule has 0 aromatic rings. The van der Waals surface area contributed by atoms with Crippen molar-refractivity contribution in [2.45, 2.75) is 58.2 Å². The SMILES string of the molecule is C[C@H]1O[C@H](C(C)(C)C)[C@H](O)[C@@H](O)[C@@H]1O. The summed E-state index contributed by atoms with van der Waals surface area (Å²) in [5, 5.41) is 28.8. The van der Waals surface area contributed by atoms with E-state index in [1.807, 2.05) is 20.8 Å². The lowest BCUT2D eigenvalue weighted by molar-refractivity contribution is -0.239. The van der Waals surface area contributed by atoms with E-state index >= 15 is 0 Å². The van der Waals surface area contributed by atoms with E-state index in [0.717, 1.165) is 0 Å². The number of rotatable bonds is 0. The molecule has 0 unspecified atom stereocenters. The highest BCUT2D eigenvalue weighted by atomic mass is 16.5. The van der Waals surface area contributed by atoms with Crippen molar-refractivity contribution in [1.29, 1.82) is 0 Å². The fraction of sp³-hybridized carbons (Fsp3) is 1.00. The first-order chi connectivity index (χ1) is 6.25. The molecule has 5 atom stereocenters. The summed E-state index contributed by atoms with van der Waals surface area (Å²) in [5.41, 5.74) is -0.255. The maximum Gasteiger partial charge on any atom is 0.111 e. The van der Waals surface area contributed by atoms with Crippen LogP contribution in [0.2, 0.25) is 0 Å². The second-order valence-corrected chi connectivity index (χ2v) is 5.10. The molecule has 0 saturated carbocycles. The predicted octanol–water partition coefficient (Wildman–Crippen LogP) is -0.0975. The van der Waals surface area contributed by atoms with E-state index in [1.165, 1.54) is 0 Å². The van der Waals surface area contributed by atoms with Gasteiger partial charge in [-0.1, -0.05) is 20.8 Å². The third kappa shape index (κ3) is 2.08. The van der Waals surface area contributed by atoms with Crippen LogP contribution in [-0.2, 0) is 4.74 Å². The van der Waals surface area contributed by atoms with Crippen molar-refractivity contribution in [2.75, 3.05) is 0 Å². The molecule has 1 fully saturated rings. The molecule has 0 radical (unpaired) electrons. The van der Waals surface area contributed by atoms with Gasteiger partial charge in [-0.25, -0.2) is 0 Å². The minimum Gasteiger partial charge on any atom is -0.388 e. The highest BCUT2D eigenvalue weighted by Crippen LogP contribution is 2.32. The van der Waals surface area contributed by atoms with Gasteiger partial charge < -0.3 is 20.1 Å². The van der Waals surface area contributed by atoms with Crippen LogP contribution in [0.25, 0.3) is 0 Å². The molecule has 0 aromatic carbocycles. The normalized spacial score (nSPS) is 45.2. The standard InChI is InChI=1S/C10H20O4/c1-5-6(11)7(12)8(13)9(14-5)10(2,3)4/h5-9,11-13H,1-4H3/t5-,6-,7+,8-,9+/m1/s1. The molecule has 0 aliphatic carbocycles. The van der Waals surface area contributed by atoms with Gasteiger partial charge >= 0.3 is 0 Å². The van der Waals surface area contributed by atoms with Crippen molar-refractivity contribution in [3.05, 3.63) is 0 Å². The van der Waals surface area contributed by atoms with E-state index < -0.39 is 30.5 Å². The predicted molar refractivity (Wildman–Crippen MR) is 51.8 cm³/mol. The van der Waals surface area contributed by atoms with Crippen molar-refractivity contribution in [3.63, 3.8) is 0 Å². The van der Waals surface area contributed by atoms with Crippen molar-refractivity contribution in [3.8, 4) is 0 Å². The van der Waals surface area contributed by atoms with E-state index in [9.17, 15) is 15.3 Å². The van der Waals surface area contributed by atoms with Crippen LogP contribution in [0.3, 0.4) is 0 Å². The Bertz CT molecular complexity index is 199. The van der Waals surface area contributed by atoms with E-state index in [1.54, 1.807) is 6.92 Å². The zero-order valence-corrected chi connectivity index (χ0v) is 9.14. The van der Waals surface area contributed by atoms with Crippen LogP contribution in [0, 0.1) is 5.41 Å². The van der Waals surface area contributed by atoms with Gasteiger partial charge in [-0.05, 0) is 12.3 Å². The molecule has 1 rings (SSSR count). The number of aliphatic hydroxyl groups excluding tert-OH is 3. The van der Waals surface area contributed by atoms with Crippen LogP contribution in [0.5, 0.6) is 0 Å². The number of hydrogen-bond acceptors (Lipinski definition) is 4. The summed E-state index contributed by atoms with van der Waals surface area (Å²) in [5.74, 6) is 0. The molecule has 0 bridgehead atoms. The first-order valence-electron chi connectivity index (χ1n) is 4.95. The maximum absolute atomic E-state index is 9.73. The zero-order chi connectivity index (χ0) is 11.1. The third-order valence-electron chi connectivity index (χ3n) is 2.71. The second kappa shape index (κ2) is 3.77. The van der Waals surface area contributed by atoms with Gasteiger partial charge in [0, 0.05) is 0 Å². The Hall–Kier alpha value is -0.160. The van der Waals surface area contributed by atoms with Gasteiger partial charge in [-0.2, -0.15) is 0 Å².